The number of aliphatic carboxylic acids is 1. The fourth-order valence-corrected chi connectivity index (χ4v) is 2.36. The van der Waals surface area contributed by atoms with E-state index in [1.807, 2.05) is 14.0 Å². The predicted molar refractivity (Wildman–Crippen MR) is 78.4 cm³/mol. The molecule has 1 aromatic rings. The number of rotatable bonds is 5. The van der Waals surface area contributed by atoms with Gasteiger partial charge >= 0.3 is 5.97 Å². The molecule has 0 fully saturated rings. The van der Waals surface area contributed by atoms with E-state index in [9.17, 15) is 4.79 Å². The molecule has 1 aromatic carbocycles. The first-order valence-corrected chi connectivity index (χ1v) is 6.75. The summed E-state index contributed by atoms with van der Waals surface area (Å²) in [6.07, 6.45) is 0.173. The smallest absolute Gasteiger partial charge is 0.303 e. The van der Waals surface area contributed by atoms with Crippen LogP contribution in [0.15, 0.2) is 24.3 Å². The summed E-state index contributed by atoms with van der Waals surface area (Å²) < 4.78 is 0. The highest BCUT2D eigenvalue weighted by atomic mass is 16.4. The van der Waals surface area contributed by atoms with Crippen LogP contribution >= 0.6 is 0 Å². The van der Waals surface area contributed by atoms with Gasteiger partial charge in [-0.25, -0.2) is 0 Å². The van der Waals surface area contributed by atoms with E-state index >= 15 is 0 Å². The van der Waals surface area contributed by atoms with Crippen molar-refractivity contribution in [3.05, 3.63) is 35.4 Å². The third-order valence-corrected chi connectivity index (χ3v) is 3.51. The second-order valence-corrected chi connectivity index (χ2v) is 6.21. The number of hydrogen-bond donors (Lipinski definition) is 2. The van der Waals surface area contributed by atoms with Crippen LogP contribution < -0.4 is 5.32 Å². The lowest BCUT2D eigenvalue weighted by Crippen LogP contribution is -2.25. The lowest BCUT2D eigenvalue weighted by Gasteiger charge is -2.24. The van der Waals surface area contributed by atoms with Crippen LogP contribution in [0, 0.1) is 5.92 Å². The Morgan fingerprint density at radius 2 is 1.79 bits per heavy atom. The number of carboxylic acid groups (broad SMARTS) is 1. The lowest BCUT2D eigenvalue weighted by molar-refractivity contribution is -0.138. The monoisotopic (exact) mass is 263 g/mol. The highest BCUT2D eigenvalue weighted by Gasteiger charge is 2.21. The van der Waals surface area contributed by atoms with E-state index in [0.717, 1.165) is 5.56 Å². The highest BCUT2D eigenvalue weighted by molar-refractivity contribution is 5.67. The Labute approximate surface area is 116 Å². The fraction of sp³-hybridized carbons (Fsp3) is 0.562. The molecular weight excluding hydrogens is 238 g/mol. The number of carbonyl (C=O) groups is 1. The fourth-order valence-electron chi connectivity index (χ4n) is 2.36. The molecule has 2 atom stereocenters. The first-order chi connectivity index (χ1) is 8.75. The highest BCUT2D eigenvalue weighted by Crippen LogP contribution is 2.27. The van der Waals surface area contributed by atoms with Gasteiger partial charge in [-0.1, -0.05) is 52.0 Å². The van der Waals surface area contributed by atoms with Crippen LogP contribution in [-0.2, 0) is 10.2 Å². The zero-order chi connectivity index (χ0) is 14.6. The van der Waals surface area contributed by atoms with Gasteiger partial charge in [0.1, 0.15) is 0 Å². The number of benzene rings is 1. The van der Waals surface area contributed by atoms with Crippen molar-refractivity contribution in [2.24, 2.45) is 5.92 Å². The minimum Gasteiger partial charge on any atom is -0.481 e. The Balaban J connectivity index is 2.91. The number of hydrogen-bond acceptors (Lipinski definition) is 2. The molecule has 0 bridgehead atoms. The molecule has 106 valence electrons. The van der Waals surface area contributed by atoms with E-state index in [-0.39, 0.29) is 23.8 Å². The molecule has 1 rings (SSSR count). The molecule has 3 nitrogen and oxygen atoms in total. The van der Waals surface area contributed by atoms with Gasteiger partial charge in [-0.3, -0.25) is 4.79 Å². The van der Waals surface area contributed by atoms with E-state index in [4.69, 9.17) is 5.11 Å². The van der Waals surface area contributed by atoms with Gasteiger partial charge in [0, 0.05) is 12.5 Å². The Kier molecular flexibility index (Phi) is 5.12. The van der Waals surface area contributed by atoms with Gasteiger partial charge in [-0.05, 0) is 29.5 Å². The maximum Gasteiger partial charge on any atom is 0.303 e. The zero-order valence-electron chi connectivity index (χ0n) is 12.5. The summed E-state index contributed by atoms with van der Waals surface area (Å²) in [5.41, 5.74) is 2.57. The topological polar surface area (TPSA) is 49.3 Å². The maximum atomic E-state index is 10.8. The van der Waals surface area contributed by atoms with Crippen LogP contribution in [0.5, 0.6) is 0 Å². The molecule has 0 aliphatic carbocycles. The molecule has 0 spiro atoms. The third-order valence-electron chi connectivity index (χ3n) is 3.51. The first kappa shape index (κ1) is 15.7. The number of carboxylic acids is 1. The van der Waals surface area contributed by atoms with E-state index in [1.54, 1.807) is 0 Å². The van der Waals surface area contributed by atoms with Gasteiger partial charge in [0.15, 0.2) is 0 Å². The minimum absolute atomic E-state index is 0.0583. The van der Waals surface area contributed by atoms with Crippen LogP contribution in [-0.4, -0.2) is 18.1 Å². The number of nitrogens with one attached hydrogen (secondary N) is 1. The quantitative estimate of drug-likeness (QED) is 0.856. The van der Waals surface area contributed by atoms with Crippen LogP contribution in [0.2, 0.25) is 0 Å². The molecule has 0 heterocycles. The summed E-state index contributed by atoms with van der Waals surface area (Å²) in [7, 11) is 1.88. The van der Waals surface area contributed by atoms with E-state index in [2.05, 4.69) is 50.4 Å². The lowest BCUT2D eigenvalue weighted by atomic mass is 9.85. The van der Waals surface area contributed by atoms with E-state index in [1.165, 1.54) is 5.56 Å². The Bertz CT molecular complexity index is 417. The van der Waals surface area contributed by atoms with Crippen molar-refractivity contribution in [3.63, 3.8) is 0 Å². The summed E-state index contributed by atoms with van der Waals surface area (Å²) in [5, 5.41) is 12.1. The minimum atomic E-state index is -0.751. The van der Waals surface area contributed by atoms with E-state index in [0.29, 0.717) is 0 Å². The summed E-state index contributed by atoms with van der Waals surface area (Å²) in [5.74, 6) is -0.693. The van der Waals surface area contributed by atoms with Gasteiger partial charge in [-0.2, -0.15) is 0 Å². The summed E-state index contributed by atoms with van der Waals surface area (Å²) >= 11 is 0. The predicted octanol–water partition coefficient (Wildman–Crippen LogP) is 3.36. The van der Waals surface area contributed by atoms with Gasteiger partial charge in [-0.15, -0.1) is 0 Å². The standard InChI is InChI=1S/C16H25NO2/c1-11(10-14(18)19)15(17-5)12-6-8-13(9-7-12)16(2,3)4/h6-9,11,15,17H,10H2,1-5H3,(H,18,19). The van der Waals surface area contributed by atoms with Crippen LogP contribution in [0.1, 0.15) is 51.3 Å². The molecule has 0 radical (unpaired) electrons. The molecule has 2 N–H and O–H groups in total. The molecule has 0 amide bonds. The average molecular weight is 263 g/mol. The van der Waals surface area contributed by atoms with Crippen molar-refractivity contribution >= 4 is 5.97 Å². The second kappa shape index (κ2) is 6.20. The van der Waals surface area contributed by atoms with Crippen molar-refractivity contribution in [1.29, 1.82) is 0 Å². The normalized spacial score (nSPS) is 15.0. The van der Waals surface area contributed by atoms with Gasteiger partial charge in [0.25, 0.3) is 0 Å². The molecule has 0 saturated heterocycles. The first-order valence-electron chi connectivity index (χ1n) is 6.75. The van der Waals surface area contributed by atoms with E-state index < -0.39 is 5.97 Å². The molecule has 0 aliphatic rings. The summed E-state index contributed by atoms with van der Waals surface area (Å²) in [6.45, 7) is 8.52. The molecule has 0 aliphatic heterocycles. The molecular formula is C16H25NO2. The van der Waals surface area contributed by atoms with Crippen molar-refractivity contribution in [2.45, 2.75) is 45.6 Å². The second-order valence-electron chi connectivity index (χ2n) is 6.21. The SMILES string of the molecule is CNC(c1ccc(C(C)(C)C)cc1)C(C)CC(=O)O. The zero-order valence-corrected chi connectivity index (χ0v) is 12.5. The molecule has 0 saturated carbocycles. The van der Waals surface area contributed by atoms with Crippen molar-refractivity contribution in [1.82, 2.24) is 5.32 Å². The largest absolute Gasteiger partial charge is 0.481 e. The molecule has 0 aromatic heterocycles. The Morgan fingerprint density at radius 3 is 2.16 bits per heavy atom. The molecule has 19 heavy (non-hydrogen) atoms. The average Bonchev–Trinajstić information content (AvgIpc) is 2.28. The van der Waals surface area contributed by atoms with Crippen LogP contribution in [0.25, 0.3) is 0 Å². The van der Waals surface area contributed by atoms with Crippen molar-refractivity contribution in [2.75, 3.05) is 7.05 Å². The summed E-state index contributed by atoms with van der Waals surface area (Å²) in [6, 6.07) is 8.53. The van der Waals surface area contributed by atoms with Crippen LogP contribution in [0.4, 0.5) is 0 Å². The van der Waals surface area contributed by atoms with Gasteiger partial charge in [0.2, 0.25) is 0 Å². The Morgan fingerprint density at radius 1 is 1.26 bits per heavy atom. The summed E-state index contributed by atoms with van der Waals surface area (Å²) in [4.78, 5) is 10.8. The Hall–Kier alpha value is -1.35. The molecule has 3 heteroatoms. The third kappa shape index (κ3) is 4.35. The van der Waals surface area contributed by atoms with Gasteiger partial charge < -0.3 is 10.4 Å². The maximum absolute atomic E-state index is 10.8. The van der Waals surface area contributed by atoms with Crippen LogP contribution in [0.3, 0.4) is 0 Å². The van der Waals surface area contributed by atoms with Crippen molar-refractivity contribution in [3.8, 4) is 0 Å². The molecule has 2 unspecified atom stereocenters. The van der Waals surface area contributed by atoms with Crippen molar-refractivity contribution < 1.29 is 9.90 Å². The van der Waals surface area contributed by atoms with Gasteiger partial charge in [0.05, 0.1) is 0 Å².